The average molecular weight is 351 g/mol. The lowest BCUT2D eigenvalue weighted by molar-refractivity contribution is 0.292. The van der Waals surface area contributed by atoms with E-state index in [0.717, 1.165) is 25.7 Å². The van der Waals surface area contributed by atoms with E-state index in [9.17, 15) is 8.42 Å². The van der Waals surface area contributed by atoms with Crippen LogP contribution >= 0.6 is 23.2 Å². The fourth-order valence-corrected chi connectivity index (χ4v) is 4.83. The highest BCUT2D eigenvalue weighted by Gasteiger charge is 2.34. The Bertz CT molecular complexity index is 599. The lowest BCUT2D eigenvalue weighted by Gasteiger charge is -2.29. The highest BCUT2D eigenvalue weighted by molar-refractivity contribution is 7.89. The summed E-state index contributed by atoms with van der Waals surface area (Å²) in [6.07, 6.45) is 5.27. The van der Waals surface area contributed by atoms with Gasteiger partial charge < -0.3 is 0 Å². The normalized spacial score (nSPS) is 17.0. The number of hydrogen-bond donors (Lipinski definition) is 0. The summed E-state index contributed by atoms with van der Waals surface area (Å²) in [6, 6.07) is 1.46. The van der Waals surface area contributed by atoms with E-state index in [1.807, 2.05) is 13.8 Å². The van der Waals surface area contributed by atoms with E-state index in [-0.39, 0.29) is 27.0 Å². The van der Waals surface area contributed by atoms with Crippen LogP contribution in [0.1, 0.15) is 39.5 Å². The van der Waals surface area contributed by atoms with Crippen molar-refractivity contribution in [3.8, 4) is 0 Å². The number of halogens is 2. The standard InChI is InChI=1S/C14H20Cl2N2O2S/c1-10(2)9-18(11-5-3-4-6-11)21(19,20)12-7-13(15)14(16)17-8-12/h7-8,10-11H,3-6,9H2,1-2H3. The summed E-state index contributed by atoms with van der Waals surface area (Å²) in [6.45, 7) is 4.54. The third-order valence-electron chi connectivity index (χ3n) is 3.65. The zero-order valence-corrected chi connectivity index (χ0v) is 14.5. The van der Waals surface area contributed by atoms with Crippen LogP contribution in [0.4, 0.5) is 0 Å². The average Bonchev–Trinajstić information content (AvgIpc) is 2.92. The summed E-state index contributed by atoms with van der Waals surface area (Å²) in [7, 11) is -3.59. The Morgan fingerprint density at radius 3 is 2.48 bits per heavy atom. The first-order valence-corrected chi connectivity index (χ1v) is 9.35. The first-order valence-electron chi connectivity index (χ1n) is 7.15. The van der Waals surface area contributed by atoms with Gasteiger partial charge in [0, 0.05) is 18.8 Å². The quantitative estimate of drug-likeness (QED) is 0.754. The Kier molecular flexibility index (Phi) is 5.52. The van der Waals surface area contributed by atoms with Crippen molar-refractivity contribution in [3.63, 3.8) is 0 Å². The summed E-state index contributed by atoms with van der Waals surface area (Å²) in [5.74, 6) is 0.260. The largest absolute Gasteiger partial charge is 0.244 e. The molecule has 0 aliphatic heterocycles. The summed E-state index contributed by atoms with van der Waals surface area (Å²) < 4.78 is 27.4. The lowest BCUT2D eigenvalue weighted by atomic mass is 10.2. The van der Waals surface area contributed by atoms with Gasteiger partial charge in [-0.3, -0.25) is 0 Å². The minimum absolute atomic E-state index is 0.0758. The molecule has 0 amide bonds. The Hall–Kier alpha value is -0.360. The van der Waals surface area contributed by atoms with Crippen molar-refractivity contribution < 1.29 is 8.42 Å². The van der Waals surface area contributed by atoms with Crippen molar-refractivity contribution >= 4 is 33.2 Å². The summed E-state index contributed by atoms with van der Waals surface area (Å²) in [5.41, 5.74) is 0. The molecule has 1 aromatic heterocycles. The zero-order valence-electron chi connectivity index (χ0n) is 12.2. The van der Waals surface area contributed by atoms with Gasteiger partial charge in [-0.25, -0.2) is 13.4 Å². The second-order valence-corrected chi connectivity index (χ2v) is 8.51. The molecule has 1 aliphatic rings. The molecular weight excluding hydrogens is 331 g/mol. The first kappa shape index (κ1) is 17.0. The van der Waals surface area contributed by atoms with Crippen molar-refractivity contribution in [2.24, 2.45) is 5.92 Å². The van der Waals surface area contributed by atoms with Gasteiger partial charge in [-0.2, -0.15) is 4.31 Å². The smallest absolute Gasteiger partial charge is 0.242 e. The van der Waals surface area contributed by atoms with Crippen molar-refractivity contribution in [2.45, 2.75) is 50.5 Å². The van der Waals surface area contributed by atoms with Crippen molar-refractivity contribution in [3.05, 3.63) is 22.4 Å². The summed E-state index contributed by atoms with van der Waals surface area (Å²) in [5, 5.41) is 0.278. The van der Waals surface area contributed by atoms with Crippen LogP contribution in [0.2, 0.25) is 10.2 Å². The highest BCUT2D eigenvalue weighted by Crippen LogP contribution is 2.31. The number of pyridine rings is 1. The Morgan fingerprint density at radius 1 is 1.33 bits per heavy atom. The van der Waals surface area contributed by atoms with Crippen LogP contribution in [0, 0.1) is 5.92 Å². The number of aromatic nitrogens is 1. The predicted molar refractivity (Wildman–Crippen MR) is 85.2 cm³/mol. The van der Waals surface area contributed by atoms with Gasteiger partial charge in [-0.1, -0.05) is 49.9 Å². The van der Waals surface area contributed by atoms with Gasteiger partial charge in [0.25, 0.3) is 0 Å². The molecule has 0 saturated heterocycles. The van der Waals surface area contributed by atoms with Crippen LogP contribution in [-0.4, -0.2) is 30.3 Å². The summed E-state index contributed by atoms with van der Waals surface area (Å²) >= 11 is 11.7. The van der Waals surface area contributed by atoms with Gasteiger partial charge in [0.15, 0.2) is 0 Å². The molecule has 1 aromatic rings. The molecule has 0 spiro atoms. The molecule has 0 unspecified atom stereocenters. The molecule has 1 saturated carbocycles. The summed E-state index contributed by atoms with van der Waals surface area (Å²) in [4.78, 5) is 3.98. The first-order chi connectivity index (χ1) is 9.82. The molecule has 7 heteroatoms. The lowest BCUT2D eigenvalue weighted by Crippen LogP contribution is -2.41. The Morgan fingerprint density at radius 2 is 1.95 bits per heavy atom. The predicted octanol–water partition coefficient (Wildman–Crippen LogP) is 3.98. The topological polar surface area (TPSA) is 50.3 Å². The van der Waals surface area contributed by atoms with Crippen LogP contribution in [-0.2, 0) is 10.0 Å². The van der Waals surface area contributed by atoms with Gasteiger partial charge in [0.05, 0.1) is 5.02 Å². The molecule has 118 valence electrons. The molecule has 2 rings (SSSR count). The van der Waals surface area contributed by atoms with Crippen LogP contribution in [0.5, 0.6) is 0 Å². The molecule has 1 heterocycles. The van der Waals surface area contributed by atoms with E-state index in [0.29, 0.717) is 6.54 Å². The SMILES string of the molecule is CC(C)CN(C1CCCC1)S(=O)(=O)c1cnc(Cl)c(Cl)c1. The van der Waals surface area contributed by atoms with Crippen LogP contribution in [0.3, 0.4) is 0 Å². The van der Waals surface area contributed by atoms with E-state index >= 15 is 0 Å². The van der Waals surface area contributed by atoms with E-state index in [1.54, 1.807) is 4.31 Å². The van der Waals surface area contributed by atoms with Crippen LogP contribution in [0.25, 0.3) is 0 Å². The molecule has 4 nitrogen and oxygen atoms in total. The molecule has 1 fully saturated rings. The van der Waals surface area contributed by atoms with Crippen molar-refractivity contribution in [1.29, 1.82) is 0 Å². The van der Waals surface area contributed by atoms with Gasteiger partial charge in [0.1, 0.15) is 10.0 Å². The van der Waals surface area contributed by atoms with Gasteiger partial charge in [-0.05, 0) is 24.8 Å². The van der Waals surface area contributed by atoms with E-state index in [4.69, 9.17) is 23.2 Å². The highest BCUT2D eigenvalue weighted by atomic mass is 35.5. The van der Waals surface area contributed by atoms with Crippen LogP contribution < -0.4 is 0 Å². The minimum atomic E-state index is -3.59. The fourth-order valence-electron chi connectivity index (χ4n) is 2.68. The maximum absolute atomic E-state index is 12.9. The Labute approximate surface area is 136 Å². The third-order valence-corrected chi connectivity index (χ3v) is 6.22. The maximum Gasteiger partial charge on any atom is 0.244 e. The number of hydrogen-bond acceptors (Lipinski definition) is 3. The number of sulfonamides is 1. The Balaban J connectivity index is 2.38. The molecule has 0 atom stereocenters. The third kappa shape index (κ3) is 3.89. The molecular formula is C14H20Cl2N2O2S. The minimum Gasteiger partial charge on any atom is -0.242 e. The van der Waals surface area contributed by atoms with E-state index in [2.05, 4.69) is 4.98 Å². The monoisotopic (exact) mass is 350 g/mol. The molecule has 0 aromatic carbocycles. The number of rotatable bonds is 5. The van der Waals surface area contributed by atoms with Gasteiger partial charge in [0.2, 0.25) is 10.0 Å². The van der Waals surface area contributed by atoms with E-state index < -0.39 is 10.0 Å². The van der Waals surface area contributed by atoms with Crippen molar-refractivity contribution in [2.75, 3.05) is 6.54 Å². The van der Waals surface area contributed by atoms with Crippen molar-refractivity contribution in [1.82, 2.24) is 9.29 Å². The maximum atomic E-state index is 12.9. The van der Waals surface area contributed by atoms with Gasteiger partial charge >= 0.3 is 0 Å². The molecule has 1 aliphatic carbocycles. The van der Waals surface area contributed by atoms with Gasteiger partial charge in [-0.15, -0.1) is 0 Å². The fraction of sp³-hybridized carbons (Fsp3) is 0.643. The molecule has 21 heavy (non-hydrogen) atoms. The molecule has 0 radical (unpaired) electrons. The second-order valence-electron chi connectivity index (χ2n) is 5.85. The number of nitrogens with zero attached hydrogens (tertiary/aromatic N) is 2. The van der Waals surface area contributed by atoms with E-state index in [1.165, 1.54) is 12.3 Å². The van der Waals surface area contributed by atoms with Crippen LogP contribution in [0.15, 0.2) is 17.2 Å². The second kappa shape index (κ2) is 6.82. The zero-order chi connectivity index (χ0) is 15.6. The molecule has 0 bridgehead atoms. The molecule has 0 N–H and O–H groups in total.